The highest BCUT2D eigenvalue weighted by atomic mass is 35.5. The maximum atomic E-state index is 11.8. The Kier molecular flexibility index (Phi) is 2.51. The normalized spacial score (nSPS) is 53.5. The molecule has 17 heavy (non-hydrogen) atoms. The second-order valence-corrected chi connectivity index (χ2v) is 9.93. The second-order valence-electron chi connectivity index (χ2n) is 4.48. The summed E-state index contributed by atoms with van der Waals surface area (Å²) in [5.74, 6) is -0.631. The summed E-state index contributed by atoms with van der Waals surface area (Å²) in [5, 5.41) is -0.985. The van der Waals surface area contributed by atoms with Crippen LogP contribution in [0.4, 0.5) is 0 Å². The summed E-state index contributed by atoms with van der Waals surface area (Å²) in [5.41, 5.74) is 0. The number of sulfone groups is 1. The predicted molar refractivity (Wildman–Crippen MR) is 71.4 cm³/mol. The van der Waals surface area contributed by atoms with Crippen LogP contribution in [-0.4, -0.2) is 33.5 Å². The van der Waals surface area contributed by atoms with Crippen molar-refractivity contribution in [2.24, 2.45) is 5.92 Å². The largest absolute Gasteiger partial charge is 0.228 e. The highest BCUT2D eigenvalue weighted by Crippen LogP contribution is 2.77. The fraction of sp³-hybridized carbons (Fsp3) is 0.750. The smallest absolute Gasteiger partial charge is 0.167 e. The van der Waals surface area contributed by atoms with E-state index in [2.05, 4.69) is 0 Å². The number of fused-ring (bicyclic) bond motifs is 5. The van der Waals surface area contributed by atoms with Crippen LogP contribution in [0.25, 0.3) is 0 Å². The average molecular weight is 377 g/mol. The maximum absolute atomic E-state index is 11.8. The lowest BCUT2D eigenvalue weighted by Crippen LogP contribution is -2.58. The summed E-state index contributed by atoms with van der Waals surface area (Å²) in [6.45, 7) is 0. The van der Waals surface area contributed by atoms with E-state index < -0.39 is 35.1 Å². The van der Waals surface area contributed by atoms with Crippen LogP contribution < -0.4 is 0 Å². The van der Waals surface area contributed by atoms with Gasteiger partial charge in [-0.15, -0.1) is 23.2 Å². The number of allylic oxidation sites excluding steroid dienone is 2. The number of halogens is 6. The standard InChI is InChI=1S/C8H4Cl6O2S/c9-3-4(10)7(12)5-2(1-17(5,15)16)6(3,11)8(7,13)14/h2,5H,1H2. The van der Waals surface area contributed by atoms with Gasteiger partial charge in [-0.25, -0.2) is 8.42 Å². The maximum Gasteiger partial charge on any atom is 0.167 e. The van der Waals surface area contributed by atoms with Crippen LogP contribution in [-0.2, 0) is 9.84 Å². The lowest BCUT2D eigenvalue weighted by Gasteiger charge is -2.43. The highest BCUT2D eigenvalue weighted by molar-refractivity contribution is 7.93. The summed E-state index contributed by atoms with van der Waals surface area (Å²) < 4.78 is 21.8. The third-order valence-electron chi connectivity index (χ3n) is 3.81. The van der Waals surface area contributed by atoms with E-state index in [1.54, 1.807) is 0 Å². The van der Waals surface area contributed by atoms with E-state index in [0.717, 1.165) is 0 Å². The molecular weight excluding hydrogens is 373 g/mol. The third-order valence-corrected chi connectivity index (χ3v) is 10.5. The minimum atomic E-state index is -3.38. The predicted octanol–water partition coefficient (Wildman–Crippen LogP) is 3.25. The van der Waals surface area contributed by atoms with E-state index in [1.165, 1.54) is 0 Å². The van der Waals surface area contributed by atoms with E-state index in [-0.39, 0.29) is 15.8 Å². The molecule has 2 aliphatic carbocycles. The van der Waals surface area contributed by atoms with Gasteiger partial charge in [-0.05, 0) is 0 Å². The van der Waals surface area contributed by atoms with Gasteiger partial charge in [0.25, 0.3) is 0 Å². The van der Waals surface area contributed by atoms with Gasteiger partial charge < -0.3 is 0 Å². The Hall–Kier alpha value is 1.43. The SMILES string of the molecule is O=S1(=O)CC2C1C1(Cl)C(Cl)=C(Cl)C2(Cl)C1(Cl)Cl. The molecule has 0 aromatic carbocycles. The van der Waals surface area contributed by atoms with Crippen molar-refractivity contribution in [2.75, 3.05) is 5.75 Å². The van der Waals surface area contributed by atoms with Gasteiger partial charge in [0.2, 0.25) is 0 Å². The van der Waals surface area contributed by atoms with Gasteiger partial charge in [-0.1, -0.05) is 46.4 Å². The monoisotopic (exact) mass is 374 g/mol. The molecule has 4 unspecified atom stereocenters. The third kappa shape index (κ3) is 1.06. The fourth-order valence-electron chi connectivity index (χ4n) is 2.98. The molecule has 2 fully saturated rings. The number of alkyl halides is 4. The Bertz CT molecular complexity index is 569. The van der Waals surface area contributed by atoms with E-state index in [0.29, 0.717) is 0 Å². The Morgan fingerprint density at radius 1 is 1.00 bits per heavy atom. The van der Waals surface area contributed by atoms with Crippen LogP contribution in [0.15, 0.2) is 10.1 Å². The molecule has 4 atom stereocenters. The number of hydrogen-bond donors (Lipinski definition) is 0. The first-order valence-corrected chi connectivity index (χ1v) is 8.54. The average Bonchev–Trinajstić information content (AvgIpc) is 2.36. The molecule has 96 valence electrons. The summed E-state index contributed by atoms with van der Waals surface area (Å²) in [6, 6.07) is 0. The van der Waals surface area contributed by atoms with Gasteiger partial charge >= 0.3 is 0 Å². The molecule has 0 amide bonds. The lowest BCUT2D eigenvalue weighted by atomic mass is 9.92. The molecule has 2 nitrogen and oxygen atoms in total. The Morgan fingerprint density at radius 3 is 1.94 bits per heavy atom. The van der Waals surface area contributed by atoms with Gasteiger partial charge in [0, 0.05) is 5.92 Å². The Labute approximate surface area is 128 Å². The molecule has 0 aromatic heterocycles. The quantitative estimate of drug-likeness (QED) is 0.608. The van der Waals surface area contributed by atoms with Gasteiger partial charge in [0.05, 0.1) is 21.1 Å². The van der Waals surface area contributed by atoms with Crippen LogP contribution in [0.5, 0.6) is 0 Å². The molecule has 9 heteroatoms. The molecule has 1 aliphatic heterocycles. The Balaban J connectivity index is 2.36. The van der Waals surface area contributed by atoms with Crippen LogP contribution in [0.3, 0.4) is 0 Å². The minimum absolute atomic E-state index is 0.0528. The van der Waals surface area contributed by atoms with Crippen molar-refractivity contribution in [1.29, 1.82) is 0 Å². The first-order chi connectivity index (χ1) is 7.53. The van der Waals surface area contributed by atoms with E-state index in [4.69, 9.17) is 69.6 Å². The second kappa shape index (κ2) is 3.19. The van der Waals surface area contributed by atoms with Crippen LogP contribution in [0.2, 0.25) is 0 Å². The zero-order valence-electron chi connectivity index (χ0n) is 7.85. The zero-order chi connectivity index (χ0) is 13.0. The topological polar surface area (TPSA) is 34.1 Å². The molecular formula is C8H4Cl6O2S. The van der Waals surface area contributed by atoms with E-state index >= 15 is 0 Å². The van der Waals surface area contributed by atoms with Gasteiger partial charge in [0.1, 0.15) is 9.75 Å². The van der Waals surface area contributed by atoms with E-state index in [1.807, 2.05) is 0 Å². The van der Waals surface area contributed by atoms with Crippen molar-refractivity contribution < 1.29 is 8.42 Å². The highest BCUT2D eigenvalue weighted by Gasteiger charge is 2.88. The fourth-order valence-corrected chi connectivity index (χ4v) is 9.04. The first-order valence-electron chi connectivity index (χ1n) is 4.56. The zero-order valence-corrected chi connectivity index (χ0v) is 13.2. The van der Waals surface area contributed by atoms with Gasteiger partial charge in [-0.3, -0.25) is 0 Å². The first kappa shape index (κ1) is 13.4. The summed E-state index contributed by atoms with van der Waals surface area (Å²) in [7, 11) is -3.38. The molecule has 0 spiro atoms. The molecule has 0 radical (unpaired) electrons. The molecule has 3 aliphatic rings. The van der Waals surface area contributed by atoms with Crippen molar-refractivity contribution in [1.82, 2.24) is 0 Å². The Morgan fingerprint density at radius 2 is 1.47 bits per heavy atom. The summed E-state index contributed by atoms with van der Waals surface area (Å²) in [4.78, 5) is -3.08. The molecule has 0 N–H and O–H groups in total. The van der Waals surface area contributed by atoms with Crippen molar-refractivity contribution in [2.45, 2.75) is 19.3 Å². The number of hydrogen-bond acceptors (Lipinski definition) is 2. The van der Waals surface area contributed by atoms with Gasteiger partial charge in [-0.2, -0.15) is 0 Å². The van der Waals surface area contributed by atoms with Crippen molar-refractivity contribution in [3.05, 3.63) is 10.1 Å². The van der Waals surface area contributed by atoms with Crippen molar-refractivity contribution in [3.63, 3.8) is 0 Å². The summed E-state index contributed by atoms with van der Waals surface area (Å²) in [6.07, 6.45) is 0. The van der Waals surface area contributed by atoms with E-state index in [9.17, 15) is 8.42 Å². The lowest BCUT2D eigenvalue weighted by molar-refractivity contribution is 0.437. The van der Waals surface area contributed by atoms with Crippen molar-refractivity contribution in [3.8, 4) is 0 Å². The van der Waals surface area contributed by atoms with Crippen LogP contribution in [0.1, 0.15) is 0 Å². The molecule has 2 bridgehead atoms. The van der Waals surface area contributed by atoms with Crippen LogP contribution >= 0.6 is 69.6 Å². The molecule has 1 saturated carbocycles. The van der Waals surface area contributed by atoms with Crippen molar-refractivity contribution >= 4 is 79.4 Å². The molecule has 3 rings (SSSR count). The molecule has 1 saturated heterocycles. The van der Waals surface area contributed by atoms with Crippen LogP contribution in [0, 0.1) is 5.92 Å². The molecule has 0 aromatic rings. The summed E-state index contributed by atoms with van der Waals surface area (Å²) >= 11 is 37.1. The minimum Gasteiger partial charge on any atom is -0.228 e. The van der Waals surface area contributed by atoms with Gasteiger partial charge in [0.15, 0.2) is 14.2 Å². The number of rotatable bonds is 0. The molecule has 1 heterocycles.